The summed E-state index contributed by atoms with van der Waals surface area (Å²) in [5.41, 5.74) is 1.70. The molecule has 1 aromatic heterocycles. The van der Waals surface area contributed by atoms with Crippen LogP contribution >= 0.6 is 0 Å². The highest BCUT2D eigenvalue weighted by molar-refractivity contribution is 5.18. The Bertz CT molecular complexity index is 376. The Morgan fingerprint density at radius 2 is 2.05 bits per heavy atom. The Labute approximate surface area is 116 Å². The average molecular weight is 262 g/mol. The molecule has 0 aromatic carbocycles. The standard InChI is InChI=1S/C16H26N2O/c1-4-17-11-13-5-6-15(18-12-13)19-14-7-9-16(2,3)10-8-14/h5-6,12,14,17H,4,7-11H2,1-3H3. The van der Waals surface area contributed by atoms with Crippen LogP contribution in [0.5, 0.6) is 5.88 Å². The van der Waals surface area contributed by atoms with Gasteiger partial charge in [-0.1, -0.05) is 26.8 Å². The summed E-state index contributed by atoms with van der Waals surface area (Å²) in [6.45, 7) is 8.65. The van der Waals surface area contributed by atoms with Crippen LogP contribution in [0.3, 0.4) is 0 Å². The van der Waals surface area contributed by atoms with Crippen LogP contribution in [0.15, 0.2) is 18.3 Å². The minimum absolute atomic E-state index is 0.347. The summed E-state index contributed by atoms with van der Waals surface area (Å²) >= 11 is 0. The van der Waals surface area contributed by atoms with Crippen molar-refractivity contribution in [1.29, 1.82) is 0 Å². The Hall–Kier alpha value is -1.09. The Morgan fingerprint density at radius 1 is 1.32 bits per heavy atom. The van der Waals surface area contributed by atoms with E-state index in [1.165, 1.54) is 18.4 Å². The van der Waals surface area contributed by atoms with Gasteiger partial charge in [0.05, 0.1) is 0 Å². The van der Waals surface area contributed by atoms with E-state index in [1.807, 2.05) is 12.3 Å². The van der Waals surface area contributed by atoms with Crippen LogP contribution in [0.25, 0.3) is 0 Å². The van der Waals surface area contributed by atoms with Gasteiger partial charge in [0, 0.05) is 18.8 Å². The summed E-state index contributed by atoms with van der Waals surface area (Å²) in [6, 6.07) is 4.09. The van der Waals surface area contributed by atoms with Gasteiger partial charge in [0.15, 0.2) is 0 Å². The van der Waals surface area contributed by atoms with Crippen LogP contribution in [-0.2, 0) is 6.54 Å². The highest BCUT2D eigenvalue weighted by atomic mass is 16.5. The topological polar surface area (TPSA) is 34.1 Å². The normalized spacial score (nSPS) is 19.3. The highest BCUT2D eigenvalue weighted by Gasteiger charge is 2.27. The zero-order chi connectivity index (χ0) is 13.7. The molecule has 0 aliphatic heterocycles. The third-order valence-electron chi connectivity index (χ3n) is 3.95. The lowest BCUT2D eigenvalue weighted by Gasteiger charge is -2.34. The number of aromatic nitrogens is 1. The first-order valence-electron chi connectivity index (χ1n) is 7.41. The van der Waals surface area contributed by atoms with E-state index >= 15 is 0 Å². The molecule has 1 aromatic rings. The molecule has 0 bridgehead atoms. The third kappa shape index (κ3) is 4.50. The van der Waals surface area contributed by atoms with Gasteiger partial charge in [-0.3, -0.25) is 0 Å². The van der Waals surface area contributed by atoms with E-state index in [4.69, 9.17) is 4.74 Å². The van der Waals surface area contributed by atoms with Crippen LogP contribution in [0.1, 0.15) is 52.0 Å². The summed E-state index contributed by atoms with van der Waals surface area (Å²) < 4.78 is 5.98. The number of ether oxygens (including phenoxy) is 1. The predicted octanol–water partition coefficient (Wildman–Crippen LogP) is 3.54. The first kappa shape index (κ1) is 14.3. The number of hydrogen-bond donors (Lipinski definition) is 1. The monoisotopic (exact) mass is 262 g/mol. The van der Waals surface area contributed by atoms with Crippen molar-refractivity contribution in [2.75, 3.05) is 6.54 Å². The van der Waals surface area contributed by atoms with Gasteiger partial charge in [-0.2, -0.15) is 0 Å². The number of nitrogens with zero attached hydrogens (tertiary/aromatic N) is 1. The summed E-state index contributed by atoms with van der Waals surface area (Å²) in [7, 11) is 0. The van der Waals surface area contributed by atoms with Gasteiger partial charge in [0.2, 0.25) is 5.88 Å². The molecule has 3 heteroatoms. The molecule has 0 saturated heterocycles. The van der Waals surface area contributed by atoms with Crippen molar-refractivity contribution in [3.05, 3.63) is 23.9 Å². The van der Waals surface area contributed by atoms with Gasteiger partial charge in [0.1, 0.15) is 6.10 Å². The van der Waals surface area contributed by atoms with E-state index in [-0.39, 0.29) is 0 Å². The summed E-state index contributed by atoms with van der Waals surface area (Å²) in [5.74, 6) is 0.768. The van der Waals surface area contributed by atoms with E-state index in [9.17, 15) is 0 Å². The maximum absolute atomic E-state index is 5.98. The lowest BCUT2D eigenvalue weighted by Crippen LogP contribution is -2.28. The maximum atomic E-state index is 5.98. The predicted molar refractivity (Wildman–Crippen MR) is 78.3 cm³/mol. The molecule has 1 fully saturated rings. The van der Waals surface area contributed by atoms with Gasteiger partial charge < -0.3 is 10.1 Å². The molecule has 1 heterocycles. The zero-order valence-electron chi connectivity index (χ0n) is 12.4. The van der Waals surface area contributed by atoms with Gasteiger partial charge in [-0.25, -0.2) is 4.98 Å². The minimum Gasteiger partial charge on any atom is -0.474 e. The average Bonchev–Trinajstić information content (AvgIpc) is 2.40. The Balaban J connectivity index is 1.83. The summed E-state index contributed by atoms with van der Waals surface area (Å²) in [5, 5.41) is 3.29. The Kier molecular flexibility index (Phi) is 4.81. The summed E-state index contributed by atoms with van der Waals surface area (Å²) in [4.78, 5) is 4.40. The quantitative estimate of drug-likeness (QED) is 0.881. The largest absolute Gasteiger partial charge is 0.474 e. The molecule has 0 unspecified atom stereocenters. The molecule has 1 aliphatic carbocycles. The fourth-order valence-electron chi connectivity index (χ4n) is 2.52. The fraction of sp³-hybridized carbons (Fsp3) is 0.688. The van der Waals surface area contributed by atoms with E-state index in [0.717, 1.165) is 31.8 Å². The van der Waals surface area contributed by atoms with Gasteiger partial charge in [0.25, 0.3) is 0 Å². The van der Waals surface area contributed by atoms with E-state index in [1.54, 1.807) is 0 Å². The van der Waals surface area contributed by atoms with Crippen LogP contribution in [0.4, 0.5) is 0 Å². The molecule has 1 aliphatic rings. The molecule has 3 nitrogen and oxygen atoms in total. The van der Waals surface area contributed by atoms with Crippen LogP contribution in [-0.4, -0.2) is 17.6 Å². The van der Waals surface area contributed by atoms with Crippen molar-refractivity contribution in [3.63, 3.8) is 0 Å². The molecule has 106 valence electrons. The van der Waals surface area contributed by atoms with E-state index < -0.39 is 0 Å². The van der Waals surface area contributed by atoms with Crippen molar-refractivity contribution in [2.45, 2.75) is 59.1 Å². The molecule has 0 spiro atoms. The minimum atomic E-state index is 0.347. The smallest absolute Gasteiger partial charge is 0.213 e. The molecular weight excluding hydrogens is 236 g/mol. The van der Waals surface area contributed by atoms with Crippen molar-refractivity contribution < 1.29 is 4.74 Å². The highest BCUT2D eigenvalue weighted by Crippen LogP contribution is 2.36. The fourth-order valence-corrected chi connectivity index (χ4v) is 2.52. The summed E-state index contributed by atoms with van der Waals surface area (Å²) in [6.07, 6.45) is 7.04. The zero-order valence-corrected chi connectivity index (χ0v) is 12.4. The molecular formula is C16H26N2O. The van der Waals surface area contributed by atoms with Gasteiger partial charge in [-0.15, -0.1) is 0 Å². The molecule has 0 amide bonds. The number of hydrogen-bond acceptors (Lipinski definition) is 3. The van der Waals surface area contributed by atoms with Crippen molar-refractivity contribution in [1.82, 2.24) is 10.3 Å². The second-order valence-electron chi connectivity index (χ2n) is 6.27. The van der Waals surface area contributed by atoms with Crippen molar-refractivity contribution >= 4 is 0 Å². The molecule has 2 rings (SSSR count). The Morgan fingerprint density at radius 3 is 2.63 bits per heavy atom. The van der Waals surface area contributed by atoms with E-state index in [0.29, 0.717) is 11.5 Å². The lowest BCUT2D eigenvalue weighted by molar-refractivity contribution is 0.0949. The second kappa shape index (κ2) is 6.38. The third-order valence-corrected chi connectivity index (χ3v) is 3.95. The molecule has 1 saturated carbocycles. The second-order valence-corrected chi connectivity index (χ2v) is 6.27. The SMILES string of the molecule is CCNCc1ccc(OC2CCC(C)(C)CC2)nc1. The molecule has 1 N–H and O–H groups in total. The van der Waals surface area contributed by atoms with Crippen molar-refractivity contribution in [2.24, 2.45) is 5.41 Å². The number of pyridine rings is 1. The van der Waals surface area contributed by atoms with Crippen LogP contribution in [0, 0.1) is 5.41 Å². The number of nitrogens with one attached hydrogen (secondary N) is 1. The first-order chi connectivity index (χ1) is 9.09. The van der Waals surface area contributed by atoms with Crippen molar-refractivity contribution in [3.8, 4) is 5.88 Å². The maximum Gasteiger partial charge on any atom is 0.213 e. The molecule has 0 atom stereocenters. The van der Waals surface area contributed by atoms with Gasteiger partial charge >= 0.3 is 0 Å². The molecule has 19 heavy (non-hydrogen) atoms. The first-order valence-corrected chi connectivity index (χ1v) is 7.41. The molecule has 0 radical (unpaired) electrons. The lowest BCUT2D eigenvalue weighted by atomic mass is 9.76. The van der Waals surface area contributed by atoms with Crippen LogP contribution in [0.2, 0.25) is 0 Å². The number of rotatable bonds is 5. The van der Waals surface area contributed by atoms with Crippen LogP contribution < -0.4 is 10.1 Å². The van der Waals surface area contributed by atoms with E-state index in [2.05, 4.69) is 37.1 Å². The van der Waals surface area contributed by atoms with Gasteiger partial charge in [-0.05, 0) is 43.2 Å².